The Labute approximate surface area is 236 Å². The highest BCUT2D eigenvalue weighted by Gasteiger charge is 2.70. The van der Waals surface area contributed by atoms with Crippen molar-refractivity contribution in [3.8, 4) is 6.07 Å². The zero-order chi connectivity index (χ0) is 29.7. The molecule has 5 saturated carbocycles. The Kier molecular flexibility index (Phi) is 6.69. The molecule has 9 unspecified atom stereocenters. The van der Waals surface area contributed by atoms with Crippen LogP contribution in [0, 0.1) is 73.9 Å². The Balaban J connectivity index is 1.52. The van der Waals surface area contributed by atoms with Crippen LogP contribution in [0.2, 0.25) is 0 Å². The van der Waals surface area contributed by atoms with Gasteiger partial charge in [-0.25, -0.2) is 0 Å². The quantitative estimate of drug-likeness (QED) is 0.408. The van der Waals surface area contributed by atoms with Crippen LogP contribution in [-0.4, -0.2) is 30.2 Å². The molecule has 5 fully saturated rings. The highest BCUT2D eigenvalue weighted by atomic mass is 19.4. The summed E-state index contributed by atoms with van der Waals surface area (Å²) in [6.45, 7) is 11.4. The number of Topliss-reactive ketones (excluding diaryl/α,β-unsaturated/α-hetero) is 2. The molecular weight excluding hydrogens is 517 g/mol. The first-order valence-electron chi connectivity index (χ1n) is 15.1. The molecule has 0 bridgehead atoms. The molecule has 9 atom stereocenters. The predicted octanol–water partition coefficient (Wildman–Crippen LogP) is 6.65. The Morgan fingerprint density at radius 1 is 0.925 bits per heavy atom. The van der Waals surface area contributed by atoms with E-state index in [1.807, 2.05) is 13.8 Å². The number of carbonyl (C=O) groups excluding carboxylic acids is 3. The van der Waals surface area contributed by atoms with Crippen molar-refractivity contribution >= 4 is 17.5 Å². The highest BCUT2D eigenvalue weighted by molar-refractivity contribution is 5.90. The average molecular weight is 563 g/mol. The molecule has 0 aromatic carbocycles. The van der Waals surface area contributed by atoms with Gasteiger partial charge in [0.05, 0.1) is 11.5 Å². The molecule has 5 rings (SSSR count). The lowest BCUT2D eigenvalue weighted by atomic mass is 9.34. The lowest BCUT2D eigenvalue weighted by molar-refractivity contribution is -0.207. The van der Waals surface area contributed by atoms with E-state index in [4.69, 9.17) is 0 Å². The van der Waals surface area contributed by atoms with Crippen LogP contribution >= 0.6 is 0 Å². The minimum absolute atomic E-state index is 0.0119. The van der Waals surface area contributed by atoms with Crippen LogP contribution in [0.3, 0.4) is 0 Å². The maximum Gasteiger partial charge on any atom is 0.405 e. The summed E-state index contributed by atoms with van der Waals surface area (Å²) >= 11 is 0. The summed E-state index contributed by atoms with van der Waals surface area (Å²) in [7, 11) is 0. The topological polar surface area (TPSA) is 87.0 Å². The number of amides is 1. The minimum atomic E-state index is -4.49. The second-order valence-electron chi connectivity index (χ2n) is 15.9. The zero-order valence-electron chi connectivity index (χ0n) is 24.8. The van der Waals surface area contributed by atoms with E-state index in [0.29, 0.717) is 38.5 Å². The Hall–Kier alpha value is -1.91. The van der Waals surface area contributed by atoms with E-state index >= 15 is 0 Å². The number of nitrogens with zero attached hydrogens (tertiary/aromatic N) is 1. The van der Waals surface area contributed by atoms with Crippen molar-refractivity contribution in [2.75, 3.05) is 6.54 Å². The summed E-state index contributed by atoms with van der Waals surface area (Å²) < 4.78 is 39.3. The van der Waals surface area contributed by atoms with Crippen molar-refractivity contribution in [1.29, 1.82) is 5.26 Å². The second-order valence-corrected chi connectivity index (χ2v) is 15.9. The fourth-order valence-corrected chi connectivity index (χ4v) is 11.2. The standard InChI is InChI=1S/C32H45F3N2O3/c1-27(2)11-12-31(26(40)37-17-32(33,34)35)10-7-19-24(20(31)15-27)21(38)13-23-29(19,5)9-8-22-28(3,4)25(39)18(16-36)14-30(22,23)6/h18-20,22-24H,7-15,17H2,1-6H3,(H,37,40). The molecule has 5 nitrogen and oxygen atoms in total. The monoisotopic (exact) mass is 562 g/mol. The van der Waals surface area contributed by atoms with E-state index in [-0.39, 0.29) is 57.4 Å². The lowest BCUT2D eigenvalue weighted by Crippen LogP contribution is -2.67. The number of nitrogens with one attached hydrogen (secondary N) is 1. The van der Waals surface area contributed by atoms with Crippen molar-refractivity contribution in [2.24, 2.45) is 62.6 Å². The van der Waals surface area contributed by atoms with Gasteiger partial charge in [0.1, 0.15) is 18.2 Å². The van der Waals surface area contributed by atoms with E-state index < -0.39 is 35.4 Å². The second kappa shape index (κ2) is 9.04. The zero-order valence-corrected chi connectivity index (χ0v) is 24.8. The maximum absolute atomic E-state index is 14.3. The van der Waals surface area contributed by atoms with Gasteiger partial charge < -0.3 is 5.32 Å². The fourth-order valence-electron chi connectivity index (χ4n) is 11.2. The number of halogens is 3. The number of carbonyl (C=O) groups is 3. The van der Waals surface area contributed by atoms with Crippen LogP contribution in [0.25, 0.3) is 0 Å². The van der Waals surface area contributed by atoms with Gasteiger partial charge in [0, 0.05) is 17.8 Å². The molecule has 0 aliphatic heterocycles. The average Bonchev–Trinajstić information content (AvgIpc) is 2.85. The molecule has 0 aromatic rings. The number of ketones is 2. The number of hydrogen-bond donors (Lipinski definition) is 1. The molecule has 0 aromatic heterocycles. The van der Waals surface area contributed by atoms with Gasteiger partial charge in [-0.05, 0) is 91.3 Å². The van der Waals surface area contributed by atoms with Crippen molar-refractivity contribution < 1.29 is 27.6 Å². The summed E-state index contributed by atoms with van der Waals surface area (Å²) in [6.07, 6.45) is 1.11. The van der Waals surface area contributed by atoms with Gasteiger partial charge in [-0.3, -0.25) is 14.4 Å². The first-order chi connectivity index (χ1) is 18.3. The normalized spacial score (nSPS) is 45.7. The van der Waals surface area contributed by atoms with Crippen molar-refractivity contribution in [2.45, 2.75) is 106 Å². The van der Waals surface area contributed by atoms with Gasteiger partial charge in [0.25, 0.3) is 0 Å². The molecular formula is C32H45F3N2O3. The van der Waals surface area contributed by atoms with Crippen LogP contribution in [0.1, 0.15) is 99.3 Å². The maximum atomic E-state index is 14.3. The summed E-state index contributed by atoms with van der Waals surface area (Å²) in [5.74, 6) is -1.55. The van der Waals surface area contributed by atoms with E-state index in [1.54, 1.807) is 0 Å². The fraction of sp³-hybridized carbons (Fsp3) is 0.875. The number of rotatable bonds is 2. The Morgan fingerprint density at radius 2 is 1.60 bits per heavy atom. The van der Waals surface area contributed by atoms with Crippen LogP contribution in [0.5, 0.6) is 0 Å². The number of nitriles is 1. The molecule has 5 aliphatic rings. The molecule has 0 spiro atoms. The lowest BCUT2D eigenvalue weighted by Gasteiger charge is -2.69. The van der Waals surface area contributed by atoms with E-state index in [1.165, 1.54) is 0 Å². The third-order valence-electron chi connectivity index (χ3n) is 13.0. The summed E-state index contributed by atoms with van der Waals surface area (Å²) in [6, 6.07) is 2.27. The summed E-state index contributed by atoms with van der Waals surface area (Å²) in [5.41, 5.74) is -2.23. The van der Waals surface area contributed by atoms with Crippen molar-refractivity contribution in [1.82, 2.24) is 5.32 Å². The largest absolute Gasteiger partial charge is 0.405 e. The smallest absolute Gasteiger partial charge is 0.346 e. The Bertz CT molecular complexity index is 1160. The molecule has 0 radical (unpaired) electrons. The minimum Gasteiger partial charge on any atom is -0.346 e. The highest BCUT2D eigenvalue weighted by Crippen LogP contribution is 2.72. The van der Waals surface area contributed by atoms with E-state index in [0.717, 1.165) is 19.3 Å². The molecule has 5 aliphatic carbocycles. The van der Waals surface area contributed by atoms with Gasteiger partial charge in [0.15, 0.2) is 5.78 Å². The first kappa shape index (κ1) is 29.6. The van der Waals surface area contributed by atoms with Gasteiger partial charge in [-0.15, -0.1) is 0 Å². The van der Waals surface area contributed by atoms with Gasteiger partial charge in [-0.1, -0.05) is 41.5 Å². The van der Waals surface area contributed by atoms with Gasteiger partial charge in [-0.2, -0.15) is 18.4 Å². The molecule has 0 saturated heterocycles. The van der Waals surface area contributed by atoms with Crippen LogP contribution in [0.4, 0.5) is 13.2 Å². The predicted molar refractivity (Wildman–Crippen MR) is 143 cm³/mol. The number of alkyl halides is 3. The third kappa shape index (κ3) is 4.18. The third-order valence-corrected chi connectivity index (χ3v) is 13.0. The van der Waals surface area contributed by atoms with E-state index in [2.05, 4.69) is 39.1 Å². The summed E-state index contributed by atoms with van der Waals surface area (Å²) in [4.78, 5) is 41.1. The van der Waals surface area contributed by atoms with Gasteiger partial charge >= 0.3 is 6.18 Å². The molecule has 222 valence electrons. The van der Waals surface area contributed by atoms with Crippen LogP contribution in [-0.2, 0) is 14.4 Å². The molecule has 1 N–H and O–H groups in total. The van der Waals surface area contributed by atoms with E-state index in [9.17, 15) is 32.8 Å². The number of hydrogen-bond acceptors (Lipinski definition) is 4. The summed E-state index contributed by atoms with van der Waals surface area (Å²) in [5, 5.41) is 12.1. The van der Waals surface area contributed by atoms with Crippen LogP contribution < -0.4 is 5.32 Å². The molecule has 8 heteroatoms. The molecule has 1 amide bonds. The molecule has 0 heterocycles. The Morgan fingerprint density at radius 3 is 2.23 bits per heavy atom. The van der Waals surface area contributed by atoms with Gasteiger partial charge in [0.2, 0.25) is 5.91 Å². The van der Waals surface area contributed by atoms with Crippen molar-refractivity contribution in [3.05, 3.63) is 0 Å². The van der Waals surface area contributed by atoms with Crippen molar-refractivity contribution in [3.63, 3.8) is 0 Å². The molecule has 40 heavy (non-hydrogen) atoms. The SMILES string of the molecule is CC1(C)CCC2(C(=O)NCC(F)(F)F)CCC3C(C(=O)CC4C3(C)CCC3C(C)(C)C(=O)C(C#N)CC34C)C2C1. The van der Waals surface area contributed by atoms with Crippen LogP contribution in [0.15, 0.2) is 0 Å². The number of fused-ring (bicyclic) bond motifs is 7. The first-order valence-corrected chi connectivity index (χ1v) is 15.1.